The topological polar surface area (TPSA) is 55.1 Å². The molecule has 2 rings (SSSR count). The molecule has 2 aromatic rings. The number of halogens is 3. The van der Waals surface area contributed by atoms with Crippen LogP contribution in [0.25, 0.3) is 0 Å². The average Bonchev–Trinajstić information content (AvgIpc) is 2.43. The molecule has 0 spiro atoms. The number of hydrogen-bond acceptors (Lipinski definition) is 2. The van der Waals surface area contributed by atoms with E-state index in [1.54, 1.807) is 12.1 Å². The van der Waals surface area contributed by atoms with Crippen molar-refractivity contribution in [2.75, 3.05) is 5.32 Å². The summed E-state index contributed by atoms with van der Waals surface area (Å²) in [7, 11) is 0. The Hall–Kier alpha value is -1.69. The van der Waals surface area contributed by atoms with Gasteiger partial charge in [-0.25, -0.2) is 4.39 Å². The van der Waals surface area contributed by atoms with E-state index in [9.17, 15) is 9.18 Å². The first-order valence-electron chi connectivity index (χ1n) is 5.75. The van der Waals surface area contributed by atoms with Gasteiger partial charge >= 0.3 is 0 Å². The van der Waals surface area contributed by atoms with Gasteiger partial charge in [0.25, 0.3) is 5.91 Å². The monoisotopic (exact) mass is 342 g/mol. The average molecular weight is 343 g/mol. The Morgan fingerprint density at radius 3 is 2.57 bits per heavy atom. The lowest BCUT2D eigenvalue weighted by Crippen LogP contribution is -2.15. The molecule has 0 aliphatic carbocycles. The Morgan fingerprint density at radius 1 is 1.19 bits per heavy atom. The molecule has 0 aliphatic heterocycles. The largest absolute Gasteiger partial charge is 0.389 e. The first-order chi connectivity index (χ1) is 9.90. The molecule has 0 radical (unpaired) electrons. The summed E-state index contributed by atoms with van der Waals surface area (Å²) in [6, 6.07) is 8.84. The number of anilines is 1. The number of carbonyl (C=O) groups is 1. The van der Waals surface area contributed by atoms with Gasteiger partial charge in [-0.3, -0.25) is 4.79 Å². The molecule has 0 fully saturated rings. The smallest absolute Gasteiger partial charge is 0.258 e. The van der Waals surface area contributed by atoms with Gasteiger partial charge in [-0.2, -0.15) is 0 Å². The van der Waals surface area contributed by atoms with E-state index in [1.165, 1.54) is 24.3 Å². The fourth-order valence-electron chi connectivity index (χ4n) is 1.64. The second-order valence-corrected chi connectivity index (χ2v) is 5.37. The number of amides is 1. The van der Waals surface area contributed by atoms with Crippen LogP contribution < -0.4 is 11.1 Å². The number of hydrogen-bond donors (Lipinski definition) is 2. The Kier molecular flexibility index (Phi) is 4.77. The summed E-state index contributed by atoms with van der Waals surface area (Å²) >= 11 is 16.5. The maximum absolute atomic E-state index is 13.8. The van der Waals surface area contributed by atoms with Gasteiger partial charge in [-0.15, -0.1) is 0 Å². The van der Waals surface area contributed by atoms with Gasteiger partial charge in [0.15, 0.2) is 5.82 Å². The third-order valence-electron chi connectivity index (χ3n) is 2.70. The predicted molar refractivity (Wildman–Crippen MR) is 86.7 cm³/mol. The van der Waals surface area contributed by atoms with Crippen molar-refractivity contribution in [3.8, 4) is 0 Å². The number of nitrogens with two attached hydrogens (primary N) is 1. The minimum absolute atomic E-state index is 0.134. The van der Waals surface area contributed by atoms with E-state index < -0.39 is 11.7 Å². The molecule has 3 nitrogen and oxygen atoms in total. The third kappa shape index (κ3) is 3.50. The molecule has 21 heavy (non-hydrogen) atoms. The lowest BCUT2D eigenvalue weighted by Gasteiger charge is -2.10. The van der Waals surface area contributed by atoms with E-state index in [1.807, 2.05) is 0 Å². The van der Waals surface area contributed by atoms with Crippen LogP contribution in [0.3, 0.4) is 0 Å². The van der Waals surface area contributed by atoms with Gasteiger partial charge in [0.1, 0.15) is 4.99 Å². The molecule has 0 saturated carbocycles. The maximum atomic E-state index is 13.8. The molecule has 0 heterocycles. The second-order valence-electron chi connectivity index (χ2n) is 4.11. The van der Waals surface area contributed by atoms with E-state index >= 15 is 0 Å². The van der Waals surface area contributed by atoms with E-state index in [0.717, 1.165) is 0 Å². The number of rotatable bonds is 3. The van der Waals surface area contributed by atoms with Gasteiger partial charge in [0.05, 0.1) is 21.3 Å². The zero-order valence-corrected chi connectivity index (χ0v) is 12.8. The zero-order valence-electron chi connectivity index (χ0n) is 10.5. The maximum Gasteiger partial charge on any atom is 0.258 e. The highest BCUT2D eigenvalue weighted by molar-refractivity contribution is 7.80. The zero-order chi connectivity index (χ0) is 15.6. The van der Waals surface area contributed by atoms with Crippen molar-refractivity contribution in [1.29, 1.82) is 0 Å². The summed E-state index contributed by atoms with van der Waals surface area (Å²) in [5, 5.41) is 2.65. The predicted octanol–water partition coefficient (Wildman–Crippen LogP) is 4.02. The van der Waals surface area contributed by atoms with Gasteiger partial charge < -0.3 is 11.1 Å². The van der Waals surface area contributed by atoms with Crippen LogP contribution in [-0.4, -0.2) is 10.9 Å². The van der Waals surface area contributed by atoms with Crippen LogP contribution in [0.4, 0.5) is 10.1 Å². The molecule has 0 aliphatic rings. The van der Waals surface area contributed by atoms with Crippen LogP contribution >= 0.6 is 35.4 Å². The summed E-state index contributed by atoms with van der Waals surface area (Å²) in [5.41, 5.74) is 6.16. The number of nitrogens with one attached hydrogen (secondary N) is 1. The standard InChI is InChI=1S/C14H9Cl2FN2OS/c15-9-5-4-7(13(18)21)6-11(9)19-14(20)8-2-1-3-10(16)12(8)17/h1-6H,(H2,18,21)(H,19,20). The van der Waals surface area contributed by atoms with Crippen molar-refractivity contribution in [3.05, 3.63) is 63.4 Å². The highest BCUT2D eigenvalue weighted by Gasteiger charge is 2.15. The Morgan fingerprint density at radius 2 is 1.90 bits per heavy atom. The molecule has 108 valence electrons. The molecule has 0 aromatic heterocycles. The van der Waals surface area contributed by atoms with Crippen molar-refractivity contribution in [1.82, 2.24) is 0 Å². The Balaban J connectivity index is 2.33. The van der Waals surface area contributed by atoms with E-state index in [2.05, 4.69) is 5.32 Å². The first-order valence-corrected chi connectivity index (χ1v) is 6.91. The highest BCUT2D eigenvalue weighted by atomic mass is 35.5. The molecule has 2 aromatic carbocycles. The molecular weight excluding hydrogens is 334 g/mol. The number of carbonyl (C=O) groups excluding carboxylic acids is 1. The molecule has 0 bridgehead atoms. The summed E-state index contributed by atoms with van der Waals surface area (Å²) in [6.45, 7) is 0. The first kappa shape index (κ1) is 15.7. The quantitative estimate of drug-likeness (QED) is 0.828. The van der Waals surface area contributed by atoms with Crippen LogP contribution in [0.5, 0.6) is 0 Å². The van der Waals surface area contributed by atoms with Crippen LogP contribution in [0.1, 0.15) is 15.9 Å². The van der Waals surface area contributed by atoms with Crippen LogP contribution in [0, 0.1) is 5.82 Å². The normalized spacial score (nSPS) is 10.2. The molecule has 0 saturated heterocycles. The van der Waals surface area contributed by atoms with Crippen molar-refractivity contribution in [2.24, 2.45) is 5.73 Å². The fourth-order valence-corrected chi connectivity index (χ4v) is 2.11. The van der Waals surface area contributed by atoms with E-state index in [4.69, 9.17) is 41.2 Å². The van der Waals surface area contributed by atoms with E-state index in [-0.39, 0.29) is 26.3 Å². The molecule has 7 heteroatoms. The van der Waals surface area contributed by atoms with Gasteiger partial charge in [0.2, 0.25) is 0 Å². The third-order valence-corrected chi connectivity index (χ3v) is 3.55. The van der Waals surface area contributed by atoms with Crippen LogP contribution in [0.15, 0.2) is 36.4 Å². The Labute approximate surface area is 135 Å². The van der Waals surface area contributed by atoms with Crippen LogP contribution in [0.2, 0.25) is 10.0 Å². The molecular formula is C14H9Cl2FN2OS. The van der Waals surface area contributed by atoms with Crippen molar-refractivity contribution < 1.29 is 9.18 Å². The highest BCUT2D eigenvalue weighted by Crippen LogP contribution is 2.25. The lowest BCUT2D eigenvalue weighted by atomic mass is 10.1. The molecule has 3 N–H and O–H groups in total. The van der Waals surface area contributed by atoms with Crippen LogP contribution in [-0.2, 0) is 0 Å². The SMILES string of the molecule is NC(=S)c1ccc(Cl)c(NC(=O)c2cccc(Cl)c2F)c1. The lowest BCUT2D eigenvalue weighted by molar-refractivity contribution is 0.102. The van der Waals surface area contributed by atoms with Crippen molar-refractivity contribution in [2.45, 2.75) is 0 Å². The summed E-state index contributed by atoms with van der Waals surface area (Å²) in [5.74, 6) is -1.46. The number of benzene rings is 2. The van der Waals surface area contributed by atoms with Crippen molar-refractivity contribution >= 4 is 52.0 Å². The van der Waals surface area contributed by atoms with E-state index in [0.29, 0.717) is 5.56 Å². The second kappa shape index (κ2) is 6.39. The van der Waals surface area contributed by atoms with Crippen molar-refractivity contribution in [3.63, 3.8) is 0 Å². The van der Waals surface area contributed by atoms with Gasteiger partial charge in [0, 0.05) is 5.56 Å². The minimum atomic E-state index is -0.793. The minimum Gasteiger partial charge on any atom is -0.389 e. The number of thiocarbonyl (C=S) groups is 1. The summed E-state index contributed by atoms with van der Waals surface area (Å²) in [4.78, 5) is 12.3. The molecule has 1 amide bonds. The van der Waals surface area contributed by atoms with Gasteiger partial charge in [-0.1, -0.05) is 47.6 Å². The summed E-state index contributed by atoms with van der Waals surface area (Å²) < 4.78 is 13.8. The Bertz CT molecular complexity index is 737. The fraction of sp³-hybridized carbons (Fsp3) is 0. The molecule has 0 atom stereocenters. The molecule has 0 unspecified atom stereocenters. The summed E-state index contributed by atoms with van der Waals surface area (Å²) in [6.07, 6.45) is 0. The van der Waals surface area contributed by atoms with Gasteiger partial charge in [-0.05, 0) is 24.3 Å².